The van der Waals surface area contributed by atoms with Crippen molar-refractivity contribution >= 4 is 17.5 Å². The van der Waals surface area contributed by atoms with Gasteiger partial charge in [0.1, 0.15) is 5.82 Å². The molecule has 0 saturated heterocycles. The Morgan fingerprint density at radius 2 is 2.25 bits per heavy atom. The zero-order valence-corrected chi connectivity index (χ0v) is 9.50. The van der Waals surface area contributed by atoms with Crippen molar-refractivity contribution in [1.82, 2.24) is 9.55 Å². The second-order valence-electron chi connectivity index (χ2n) is 3.58. The van der Waals surface area contributed by atoms with Crippen molar-refractivity contribution in [2.24, 2.45) is 0 Å². The van der Waals surface area contributed by atoms with Crippen LogP contribution >= 0.6 is 11.6 Å². The lowest BCUT2D eigenvalue weighted by Crippen LogP contribution is -2.07. The number of aryl methyl sites for hydroxylation is 1. The highest BCUT2D eigenvalue weighted by Gasteiger charge is 2.08. The summed E-state index contributed by atoms with van der Waals surface area (Å²) in [4.78, 5) is 3.95. The van der Waals surface area contributed by atoms with Gasteiger partial charge in [-0.1, -0.05) is 17.7 Å². The topological polar surface area (TPSA) is 43.8 Å². The standard InChI is InChI=1S/C11H11ClFN3/c1-7-5-15-11(14)16(7)6-8-2-3-9(12)4-10(8)13/h2-5H,6H2,1H3,(H2,14,15). The summed E-state index contributed by atoms with van der Waals surface area (Å²) in [6, 6.07) is 4.60. The van der Waals surface area contributed by atoms with Crippen molar-refractivity contribution in [3.8, 4) is 0 Å². The molecule has 2 rings (SSSR count). The molecule has 1 aromatic carbocycles. The van der Waals surface area contributed by atoms with Crippen molar-refractivity contribution in [2.75, 3.05) is 5.73 Å². The molecule has 0 saturated carbocycles. The Labute approximate surface area is 97.7 Å². The lowest BCUT2D eigenvalue weighted by Gasteiger charge is -2.08. The minimum atomic E-state index is -0.333. The summed E-state index contributed by atoms with van der Waals surface area (Å²) in [7, 11) is 0. The first-order valence-corrected chi connectivity index (χ1v) is 5.17. The lowest BCUT2D eigenvalue weighted by atomic mass is 10.2. The van der Waals surface area contributed by atoms with E-state index < -0.39 is 0 Å². The Bertz CT molecular complexity index is 502. The molecule has 0 bridgehead atoms. The molecule has 1 heterocycles. The first kappa shape index (κ1) is 11.0. The summed E-state index contributed by atoms with van der Waals surface area (Å²) < 4.78 is 15.3. The second-order valence-corrected chi connectivity index (χ2v) is 4.02. The van der Waals surface area contributed by atoms with Crippen LogP contribution in [0, 0.1) is 12.7 Å². The van der Waals surface area contributed by atoms with Crippen molar-refractivity contribution < 1.29 is 4.39 Å². The first-order chi connectivity index (χ1) is 7.58. The van der Waals surface area contributed by atoms with E-state index in [1.165, 1.54) is 6.07 Å². The summed E-state index contributed by atoms with van der Waals surface area (Å²) in [6.07, 6.45) is 1.66. The Balaban J connectivity index is 2.34. The number of hydrogen-bond donors (Lipinski definition) is 1. The molecule has 0 spiro atoms. The fourth-order valence-electron chi connectivity index (χ4n) is 1.51. The van der Waals surface area contributed by atoms with E-state index in [0.717, 1.165) is 5.69 Å². The molecular weight excluding hydrogens is 229 g/mol. The maximum atomic E-state index is 13.5. The molecule has 5 heteroatoms. The van der Waals surface area contributed by atoms with Crippen LogP contribution in [0.1, 0.15) is 11.3 Å². The van der Waals surface area contributed by atoms with Crippen LogP contribution in [0.25, 0.3) is 0 Å². The molecule has 0 radical (unpaired) electrons. The monoisotopic (exact) mass is 239 g/mol. The zero-order chi connectivity index (χ0) is 11.7. The molecule has 3 nitrogen and oxygen atoms in total. The third-order valence-electron chi connectivity index (χ3n) is 2.43. The van der Waals surface area contributed by atoms with Gasteiger partial charge in [-0.2, -0.15) is 0 Å². The minimum absolute atomic E-state index is 0.333. The van der Waals surface area contributed by atoms with Gasteiger partial charge in [0.2, 0.25) is 5.95 Å². The van der Waals surface area contributed by atoms with Gasteiger partial charge in [0.05, 0.1) is 12.7 Å². The molecular formula is C11H11ClFN3. The predicted molar refractivity (Wildman–Crippen MR) is 61.9 cm³/mol. The molecule has 0 aliphatic rings. The fourth-order valence-corrected chi connectivity index (χ4v) is 1.66. The van der Waals surface area contributed by atoms with Crippen LogP contribution in [0.5, 0.6) is 0 Å². The number of imidazole rings is 1. The van der Waals surface area contributed by atoms with Gasteiger partial charge in [-0.05, 0) is 19.1 Å². The van der Waals surface area contributed by atoms with Gasteiger partial charge in [-0.25, -0.2) is 9.37 Å². The van der Waals surface area contributed by atoms with Crippen molar-refractivity contribution in [3.05, 3.63) is 46.5 Å². The largest absolute Gasteiger partial charge is 0.369 e. The van der Waals surface area contributed by atoms with Gasteiger partial charge in [0.15, 0.2) is 0 Å². The third kappa shape index (κ3) is 2.02. The number of nitrogen functional groups attached to an aromatic ring is 1. The highest BCUT2D eigenvalue weighted by molar-refractivity contribution is 6.30. The van der Waals surface area contributed by atoms with E-state index in [4.69, 9.17) is 17.3 Å². The highest BCUT2D eigenvalue weighted by Crippen LogP contribution is 2.17. The third-order valence-corrected chi connectivity index (χ3v) is 2.66. The van der Waals surface area contributed by atoms with Gasteiger partial charge in [-0.15, -0.1) is 0 Å². The zero-order valence-electron chi connectivity index (χ0n) is 8.74. The molecule has 0 atom stereocenters. The van der Waals surface area contributed by atoms with E-state index in [1.807, 2.05) is 6.92 Å². The van der Waals surface area contributed by atoms with E-state index >= 15 is 0 Å². The Kier molecular flexibility index (Phi) is 2.83. The maximum Gasteiger partial charge on any atom is 0.200 e. The Morgan fingerprint density at radius 3 is 2.81 bits per heavy atom. The Hall–Kier alpha value is -1.55. The van der Waals surface area contributed by atoms with E-state index in [0.29, 0.717) is 23.1 Å². The SMILES string of the molecule is Cc1cnc(N)n1Cc1ccc(Cl)cc1F. The molecule has 16 heavy (non-hydrogen) atoms. The molecule has 2 aromatic rings. The summed E-state index contributed by atoms with van der Waals surface area (Å²) in [6.45, 7) is 2.23. The minimum Gasteiger partial charge on any atom is -0.369 e. The number of benzene rings is 1. The molecule has 84 valence electrons. The molecule has 0 unspecified atom stereocenters. The van der Waals surface area contributed by atoms with E-state index in [9.17, 15) is 4.39 Å². The summed E-state index contributed by atoms with van der Waals surface area (Å²) >= 11 is 5.68. The van der Waals surface area contributed by atoms with Gasteiger partial charge in [0, 0.05) is 16.3 Å². The van der Waals surface area contributed by atoms with Crippen LogP contribution in [0.3, 0.4) is 0 Å². The van der Waals surface area contributed by atoms with E-state index in [-0.39, 0.29) is 5.82 Å². The van der Waals surface area contributed by atoms with Crippen molar-refractivity contribution in [1.29, 1.82) is 0 Å². The average Bonchev–Trinajstić information content (AvgIpc) is 2.53. The van der Waals surface area contributed by atoms with Crippen LogP contribution in [0.4, 0.5) is 10.3 Å². The molecule has 1 aromatic heterocycles. The summed E-state index contributed by atoms with van der Waals surface area (Å²) in [5, 5.41) is 0.386. The summed E-state index contributed by atoms with van der Waals surface area (Å²) in [5.74, 6) is 0.0480. The van der Waals surface area contributed by atoms with Crippen LogP contribution in [-0.2, 0) is 6.54 Å². The number of anilines is 1. The number of nitrogens with two attached hydrogens (primary N) is 1. The van der Waals surface area contributed by atoms with Crippen LogP contribution in [0.2, 0.25) is 5.02 Å². The maximum absolute atomic E-state index is 13.5. The van der Waals surface area contributed by atoms with Crippen LogP contribution in [-0.4, -0.2) is 9.55 Å². The van der Waals surface area contributed by atoms with Gasteiger partial charge in [-0.3, -0.25) is 0 Å². The number of nitrogens with zero attached hydrogens (tertiary/aromatic N) is 2. The van der Waals surface area contributed by atoms with Gasteiger partial charge < -0.3 is 10.3 Å². The smallest absolute Gasteiger partial charge is 0.200 e. The predicted octanol–water partition coefficient (Wildman–Crippen LogP) is 2.61. The van der Waals surface area contributed by atoms with Crippen molar-refractivity contribution in [2.45, 2.75) is 13.5 Å². The molecule has 2 N–H and O–H groups in total. The van der Waals surface area contributed by atoms with Crippen LogP contribution < -0.4 is 5.73 Å². The number of rotatable bonds is 2. The van der Waals surface area contributed by atoms with E-state index in [2.05, 4.69) is 4.98 Å². The lowest BCUT2D eigenvalue weighted by molar-refractivity contribution is 0.599. The second kappa shape index (κ2) is 4.14. The van der Waals surface area contributed by atoms with Crippen LogP contribution in [0.15, 0.2) is 24.4 Å². The number of aromatic nitrogens is 2. The van der Waals surface area contributed by atoms with E-state index in [1.54, 1.807) is 22.9 Å². The molecule has 0 aliphatic carbocycles. The fraction of sp³-hybridized carbons (Fsp3) is 0.182. The normalized spacial score (nSPS) is 10.7. The highest BCUT2D eigenvalue weighted by atomic mass is 35.5. The molecule has 0 amide bonds. The van der Waals surface area contributed by atoms with Gasteiger partial charge >= 0.3 is 0 Å². The van der Waals surface area contributed by atoms with Crippen molar-refractivity contribution in [3.63, 3.8) is 0 Å². The number of halogens is 2. The average molecular weight is 240 g/mol. The first-order valence-electron chi connectivity index (χ1n) is 4.79. The Morgan fingerprint density at radius 1 is 1.50 bits per heavy atom. The van der Waals surface area contributed by atoms with Gasteiger partial charge in [0.25, 0.3) is 0 Å². The summed E-state index contributed by atoms with van der Waals surface area (Å²) in [5.41, 5.74) is 7.11. The molecule has 0 fully saturated rings. The quantitative estimate of drug-likeness (QED) is 0.876. The molecule has 0 aliphatic heterocycles. The number of hydrogen-bond acceptors (Lipinski definition) is 2.